The Morgan fingerprint density at radius 2 is 1.96 bits per heavy atom. The molecule has 0 radical (unpaired) electrons. The highest BCUT2D eigenvalue weighted by molar-refractivity contribution is 6.17. The first-order valence-electron chi connectivity index (χ1n) is 10.1. The minimum Gasteiger partial charge on any atom is -0.340 e. The first kappa shape index (κ1) is 17.6. The molecule has 7 nitrogen and oxygen atoms in total. The van der Waals surface area contributed by atoms with E-state index in [9.17, 15) is 4.79 Å². The zero-order valence-corrected chi connectivity index (χ0v) is 16.5. The van der Waals surface area contributed by atoms with Crippen molar-refractivity contribution in [3.05, 3.63) is 35.2 Å². The highest BCUT2D eigenvalue weighted by Gasteiger charge is 2.34. The monoisotopic (exact) mass is 378 g/mol. The minimum atomic E-state index is -0.0689. The molecule has 1 saturated carbocycles. The predicted molar refractivity (Wildman–Crippen MR) is 110 cm³/mol. The van der Waals surface area contributed by atoms with Crippen LogP contribution >= 0.6 is 0 Å². The molecule has 4 aliphatic rings. The van der Waals surface area contributed by atoms with E-state index >= 15 is 0 Å². The molecular formula is C21H26N6O. The van der Waals surface area contributed by atoms with Gasteiger partial charge in [0.15, 0.2) is 0 Å². The molecule has 1 atom stereocenters. The van der Waals surface area contributed by atoms with Gasteiger partial charge in [-0.15, -0.1) is 0 Å². The Balaban J connectivity index is 1.21. The fourth-order valence-corrected chi connectivity index (χ4v) is 4.15. The highest BCUT2D eigenvalue weighted by atomic mass is 16.1. The summed E-state index contributed by atoms with van der Waals surface area (Å²) in [5.41, 5.74) is 3.99. The standard InChI is InChI=1S/C21H26N6O/c1-14-11-23-21(25(14)2)27-7-5-26(6-8-27)13-15-9-19-18(22-12-15)10-17(16-3-4-16)20(28)24-19/h9-12,16,18H,3-8,13H2,1-2H3. The van der Waals surface area contributed by atoms with Crippen molar-refractivity contribution in [2.24, 2.45) is 23.0 Å². The van der Waals surface area contributed by atoms with Crippen LogP contribution in [0.3, 0.4) is 0 Å². The third-order valence-corrected chi connectivity index (χ3v) is 6.13. The smallest absolute Gasteiger partial charge is 0.273 e. The van der Waals surface area contributed by atoms with E-state index in [0.29, 0.717) is 5.92 Å². The summed E-state index contributed by atoms with van der Waals surface area (Å²) in [6.07, 6.45) is 10.2. The molecular weight excluding hydrogens is 352 g/mol. The molecule has 1 saturated heterocycles. The fraction of sp³-hybridized carbons (Fsp3) is 0.524. The number of nitrogens with zero attached hydrogens (tertiary/aromatic N) is 6. The molecule has 3 aliphatic heterocycles. The molecule has 0 bridgehead atoms. The summed E-state index contributed by atoms with van der Waals surface area (Å²) in [5, 5.41) is 0. The maximum absolute atomic E-state index is 12.3. The Bertz CT molecular complexity index is 925. The summed E-state index contributed by atoms with van der Waals surface area (Å²) < 4.78 is 2.15. The van der Waals surface area contributed by atoms with Crippen LogP contribution in [0.4, 0.5) is 5.95 Å². The number of hydrogen-bond acceptors (Lipinski definition) is 5. The van der Waals surface area contributed by atoms with Gasteiger partial charge < -0.3 is 9.47 Å². The number of carbonyl (C=O) groups excluding carboxylic acids is 1. The van der Waals surface area contributed by atoms with E-state index < -0.39 is 0 Å². The lowest BCUT2D eigenvalue weighted by atomic mass is 9.97. The van der Waals surface area contributed by atoms with Gasteiger partial charge in [0.1, 0.15) is 6.04 Å². The molecule has 2 fully saturated rings. The molecule has 0 spiro atoms. The molecule has 1 aliphatic carbocycles. The molecule has 28 heavy (non-hydrogen) atoms. The second-order valence-electron chi connectivity index (χ2n) is 8.20. The molecule has 1 amide bonds. The van der Waals surface area contributed by atoms with Gasteiger partial charge in [0.05, 0.1) is 11.9 Å². The van der Waals surface area contributed by atoms with Crippen molar-refractivity contribution < 1.29 is 4.79 Å². The van der Waals surface area contributed by atoms with Crippen LogP contribution in [0.5, 0.6) is 0 Å². The minimum absolute atomic E-state index is 0.0552. The van der Waals surface area contributed by atoms with Crippen LogP contribution in [-0.4, -0.2) is 71.1 Å². The predicted octanol–water partition coefficient (Wildman–Crippen LogP) is 1.55. The number of fused-ring (bicyclic) bond motifs is 1. The van der Waals surface area contributed by atoms with E-state index in [0.717, 1.165) is 68.4 Å². The van der Waals surface area contributed by atoms with Gasteiger partial charge >= 0.3 is 0 Å². The van der Waals surface area contributed by atoms with E-state index in [1.807, 2.05) is 18.5 Å². The second kappa shape index (κ2) is 6.81. The number of anilines is 1. The summed E-state index contributed by atoms with van der Waals surface area (Å²) in [6, 6.07) is -0.0689. The SMILES string of the molecule is Cc1cnc(N2CCN(CC3=CC4=NC(=O)C(C5CC5)=CC4N=C3)CC2)n1C. The Hall–Kier alpha value is -2.54. The van der Waals surface area contributed by atoms with E-state index in [1.165, 1.54) is 5.69 Å². The molecule has 146 valence electrons. The number of aliphatic imine (C=N–C) groups is 2. The number of aromatic nitrogens is 2. The quantitative estimate of drug-likeness (QED) is 0.797. The molecule has 0 aromatic carbocycles. The van der Waals surface area contributed by atoms with Gasteiger partial charge in [0.25, 0.3) is 5.91 Å². The Morgan fingerprint density at radius 1 is 1.18 bits per heavy atom. The van der Waals surface area contributed by atoms with Crippen molar-refractivity contribution in [2.45, 2.75) is 25.8 Å². The largest absolute Gasteiger partial charge is 0.340 e. The van der Waals surface area contributed by atoms with Crippen molar-refractivity contribution in [3.8, 4) is 0 Å². The van der Waals surface area contributed by atoms with Gasteiger partial charge in [-0.25, -0.2) is 9.98 Å². The van der Waals surface area contributed by atoms with Crippen LogP contribution in [0.15, 0.2) is 39.5 Å². The summed E-state index contributed by atoms with van der Waals surface area (Å²) in [5.74, 6) is 1.42. The van der Waals surface area contributed by atoms with Crippen LogP contribution in [0.2, 0.25) is 0 Å². The summed E-state index contributed by atoms with van der Waals surface area (Å²) in [4.78, 5) is 30.6. The first-order chi connectivity index (χ1) is 13.6. The number of amides is 1. The molecule has 1 unspecified atom stereocenters. The lowest BCUT2D eigenvalue weighted by molar-refractivity contribution is -0.114. The maximum atomic E-state index is 12.3. The second-order valence-corrected chi connectivity index (χ2v) is 8.20. The topological polar surface area (TPSA) is 66.1 Å². The fourth-order valence-electron chi connectivity index (χ4n) is 4.15. The van der Waals surface area contributed by atoms with Gasteiger partial charge in [-0.1, -0.05) is 0 Å². The number of dihydropyridines is 2. The molecule has 1 aromatic heterocycles. The van der Waals surface area contributed by atoms with Crippen LogP contribution in [0, 0.1) is 12.8 Å². The number of carbonyl (C=O) groups is 1. The number of hydrogen-bond donors (Lipinski definition) is 0. The lowest BCUT2D eigenvalue weighted by Gasteiger charge is -2.35. The Kier molecular flexibility index (Phi) is 4.27. The van der Waals surface area contributed by atoms with Gasteiger partial charge in [-0.05, 0) is 43.4 Å². The number of rotatable bonds is 4. The molecule has 5 rings (SSSR count). The number of aryl methyl sites for hydroxylation is 1. The van der Waals surface area contributed by atoms with E-state index in [2.05, 4.69) is 49.4 Å². The van der Waals surface area contributed by atoms with Crippen molar-refractivity contribution in [3.63, 3.8) is 0 Å². The Labute approximate surface area is 165 Å². The molecule has 4 heterocycles. The van der Waals surface area contributed by atoms with E-state index in [4.69, 9.17) is 0 Å². The van der Waals surface area contributed by atoms with Crippen molar-refractivity contribution in [2.75, 3.05) is 37.6 Å². The molecule has 0 N–H and O–H groups in total. The summed E-state index contributed by atoms with van der Waals surface area (Å²) in [6.45, 7) is 6.82. The zero-order valence-electron chi connectivity index (χ0n) is 16.5. The third kappa shape index (κ3) is 3.24. The van der Waals surface area contributed by atoms with Crippen LogP contribution < -0.4 is 4.90 Å². The van der Waals surface area contributed by atoms with Crippen LogP contribution in [0.1, 0.15) is 18.5 Å². The average Bonchev–Trinajstić information content (AvgIpc) is 3.48. The molecule has 7 heteroatoms. The maximum Gasteiger partial charge on any atom is 0.273 e. The van der Waals surface area contributed by atoms with Gasteiger partial charge in [-0.2, -0.15) is 0 Å². The van der Waals surface area contributed by atoms with Gasteiger partial charge in [-0.3, -0.25) is 14.7 Å². The van der Waals surface area contributed by atoms with Crippen molar-refractivity contribution in [1.82, 2.24) is 14.5 Å². The molecule has 1 aromatic rings. The zero-order chi connectivity index (χ0) is 19.3. The lowest BCUT2D eigenvalue weighted by Crippen LogP contribution is -2.48. The van der Waals surface area contributed by atoms with E-state index in [-0.39, 0.29) is 11.9 Å². The van der Waals surface area contributed by atoms with Gasteiger partial charge in [0, 0.05) is 57.3 Å². The number of imidazole rings is 1. The summed E-state index contributed by atoms with van der Waals surface area (Å²) >= 11 is 0. The van der Waals surface area contributed by atoms with Crippen LogP contribution in [-0.2, 0) is 11.8 Å². The van der Waals surface area contributed by atoms with E-state index in [1.54, 1.807) is 0 Å². The number of piperazine rings is 1. The van der Waals surface area contributed by atoms with Crippen molar-refractivity contribution >= 4 is 23.8 Å². The first-order valence-corrected chi connectivity index (χ1v) is 10.1. The van der Waals surface area contributed by atoms with Gasteiger partial charge in [0.2, 0.25) is 5.95 Å². The normalized spacial score (nSPS) is 25.4. The highest BCUT2D eigenvalue weighted by Crippen LogP contribution is 2.38. The summed E-state index contributed by atoms with van der Waals surface area (Å²) in [7, 11) is 2.07. The van der Waals surface area contributed by atoms with Crippen molar-refractivity contribution in [1.29, 1.82) is 0 Å². The average molecular weight is 378 g/mol. The van der Waals surface area contributed by atoms with Crippen LogP contribution in [0.25, 0.3) is 0 Å². The Morgan fingerprint density at radius 3 is 2.64 bits per heavy atom. The third-order valence-electron chi connectivity index (χ3n) is 6.13.